The van der Waals surface area contributed by atoms with Crippen LogP contribution in [0.3, 0.4) is 0 Å². The summed E-state index contributed by atoms with van der Waals surface area (Å²) in [5.74, 6) is -6.53. The molecule has 2 aromatic carbocycles. The molecule has 2 aliphatic rings. The largest absolute Gasteiger partial charge is 0.481 e. The number of carboxylic acid groups (broad SMARTS) is 4. The van der Waals surface area contributed by atoms with Gasteiger partial charge in [0.1, 0.15) is 18.6 Å². The second-order valence-corrected chi connectivity index (χ2v) is 17.1. The van der Waals surface area contributed by atoms with Crippen molar-refractivity contribution in [3.63, 3.8) is 0 Å². The highest BCUT2D eigenvalue weighted by molar-refractivity contribution is 9.10. The lowest BCUT2D eigenvalue weighted by Gasteiger charge is -2.27. The number of aliphatic carboxylic acids is 4. The minimum atomic E-state index is -1.51. The van der Waals surface area contributed by atoms with E-state index in [1.165, 1.54) is 0 Å². The van der Waals surface area contributed by atoms with Gasteiger partial charge in [-0.3, -0.25) is 19.2 Å². The number of carboxylic acids is 4. The Hall–Kier alpha value is -5.35. The van der Waals surface area contributed by atoms with Crippen molar-refractivity contribution in [2.24, 2.45) is 0 Å². The van der Waals surface area contributed by atoms with Crippen molar-refractivity contribution in [2.75, 3.05) is 18.0 Å². The van der Waals surface area contributed by atoms with Gasteiger partial charge in [-0.25, -0.2) is 9.59 Å². The maximum Gasteiger partial charge on any atom is 0.326 e. The molecule has 2 aliphatic heterocycles. The van der Waals surface area contributed by atoms with Crippen LogP contribution < -0.4 is 15.5 Å². The first kappa shape index (κ1) is 46.3. The van der Waals surface area contributed by atoms with Crippen LogP contribution in [0, 0.1) is 0 Å². The number of carbonyl (C=O) groups excluding carboxylic acids is 2. The molecule has 2 heterocycles. The van der Waals surface area contributed by atoms with Crippen molar-refractivity contribution in [1.29, 1.82) is 0 Å². The number of allylic oxidation sites excluding steroid dienone is 8. The van der Waals surface area contributed by atoms with Crippen LogP contribution in [0.4, 0.5) is 11.4 Å². The van der Waals surface area contributed by atoms with Gasteiger partial charge in [0.25, 0.3) is 0 Å². The molecular formula is C43H49Br2N4O10+. The van der Waals surface area contributed by atoms with E-state index in [-0.39, 0.29) is 23.7 Å². The summed E-state index contributed by atoms with van der Waals surface area (Å²) in [6.07, 6.45) is 13.0. The Balaban J connectivity index is 1.49. The lowest BCUT2D eigenvalue weighted by molar-refractivity contribution is -0.438. The molecule has 0 spiro atoms. The summed E-state index contributed by atoms with van der Waals surface area (Å²) in [6, 6.07) is 9.12. The summed E-state index contributed by atoms with van der Waals surface area (Å²) in [7, 11) is 0. The fourth-order valence-corrected chi connectivity index (χ4v) is 8.06. The van der Waals surface area contributed by atoms with E-state index in [2.05, 4.69) is 91.8 Å². The van der Waals surface area contributed by atoms with E-state index in [9.17, 15) is 39.0 Å². The molecule has 0 bridgehead atoms. The van der Waals surface area contributed by atoms with E-state index >= 15 is 0 Å². The van der Waals surface area contributed by atoms with Gasteiger partial charge < -0.3 is 36.0 Å². The molecule has 14 nitrogen and oxygen atoms in total. The fourth-order valence-electron chi connectivity index (χ4n) is 7.37. The molecule has 2 aromatic rings. The highest BCUT2D eigenvalue weighted by atomic mass is 79.9. The highest BCUT2D eigenvalue weighted by Crippen LogP contribution is 2.48. The van der Waals surface area contributed by atoms with Crippen LogP contribution in [0.25, 0.3) is 0 Å². The molecule has 16 heteroatoms. The molecule has 0 aliphatic carbocycles. The minimum absolute atomic E-state index is 0.00853. The average molecular weight is 942 g/mol. The molecular weight excluding hydrogens is 892 g/mol. The maximum atomic E-state index is 12.6. The molecule has 0 saturated carbocycles. The second kappa shape index (κ2) is 20.1. The predicted octanol–water partition coefficient (Wildman–Crippen LogP) is 6.59. The highest BCUT2D eigenvalue weighted by Gasteiger charge is 2.44. The van der Waals surface area contributed by atoms with E-state index in [0.29, 0.717) is 25.9 Å². The summed E-state index contributed by atoms with van der Waals surface area (Å²) >= 11 is 7.14. The smallest absolute Gasteiger partial charge is 0.326 e. The molecule has 314 valence electrons. The Morgan fingerprint density at radius 2 is 1.24 bits per heavy atom. The quantitative estimate of drug-likeness (QED) is 0.0616. The van der Waals surface area contributed by atoms with E-state index in [4.69, 9.17) is 10.2 Å². The number of anilines is 1. The second-order valence-electron chi connectivity index (χ2n) is 15.3. The predicted molar refractivity (Wildman–Crippen MR) is 229 cm³/mol. The zero-order valence-corrected chi connectivity index (χ0v) is 36.4. The van der Waals surface area contributed by atoms with E-state index in [0.717, 1.165) is 42.9 Å². The monoisotopic (exact) mass is 939 g/mol. The molecule has 59 heavy (non-hydrogen) atoms. The van der Waals surface area contributed by atoms with Crippen molar-refractivity contribution in [2.45, 2.75) is 89.1 Å². The molecule has 6 N–H and O–H groups in total. The molecule has 0 saturated heterocycles. The van der Waals surface area contributed by atoms with Gasteiger partial charge in [-0.05, 0) is 50.1 Å². The molecule has 0 aromatic heterocycles. The zero-order valence-electron chi connectivity index (χ0n) is 33.2. The third-order valence-electron chi connectivity index (χ3n) is 10.3. The van der Waals surface area contributed by atoms with Crippen LogP contribution in [0.5, 0.6) is 0 Å². The molecule has 4 rings (SSSR count). The summed E-state index contributed by atoms with van der Waals surface area (Å²) < 4.78 is 3.93. The number of amides is 2. The lowest BCUT2D eigenvalue weighted by Crippen LogP contribution is -2.42. The first-order valence-electron chi connectivity index (χ1n) is 19.0. The van der Waals surface area contributed by atoms with E-state index in [1.54, 1.807) is 0 Å². The van der Waals surface area contributed by atoms with Gasteiger partial charge in [0.05, 0.1) is 18.3 Å². The van der Waals surface area contributed by atoms with Gasteiger partial charge in [-0.2, -0.15) is 4.58 Å². The molecule has 0 radical (unpaired) electrons. The SMILES string of the molecule is CC1(C)C(/C=C/C=C/C=C/C=C2/N(CCCC(=O)NC(CC(=O)O)C(=O)O)c3cc(Br)ccc3C2(C)C)=[N+](CCCC(=O)NC(CC(=O)O)C(=O)O)c2cc(Br)ccc21. The third-order valence-corrected chi connectivity index (χ3v) is 11.2. The number of hydrogen-bond donors (Lipinski definition) is 6. The normalized spacial score (nSPS) is 17.1. The van der Waals surface area contributed by atoms with Gasteiger partial charge >= 0.3 is 23.9 Å². The Bertz CT molecular complexity index is 2150. The standard InChI is InChI=1S/C43H48Br2N4O10/c1-42(2)28-18-16-26(44)22-32(28)48(20-10-14-36(50)46-30(40(56)57)24-38(52)53)34(42)12-8-6-5-7-9-13-35-43(3,4)29-19-17-27(45)23-33(29)49(35)21-11-15-37(51)47-31(41(58)59)25-39(54)55/h5-9,12-13,16-19,22-23,30-31H,10-11,14-15,20-21,24-25H2,1-4H3,(H5-,46,47,50,51,52,53,54,55,56,57,58,59)/p+1. The van der Waals surface area contributed by atoms with Gasteiger partial charge in [0.15, 0.2) is 5.71 Å². The number of nitrogens with one attached hydrogen (secondary N) is 2. The molecule has 2 unspecified atom stereocenters. The average Bonchev–Trinajstić information content (AvgIpc) is 3.47. The fraction of sp³-hybridized carbons (Fsp3) is 0.372. The Morgan fingerprint density at radius 1 is 0.712 bits per heavy atom. The van der Waals surface area contributed by atoms with Crippen LogP contribution in [-0.4, -0.2) is 91.6 Å². The van der Waals surface area contributed by atoms with Crippen LogP contribution in [0.1, 0.15) is 77.3 Å². The summed E-state index contributed by atoms with van der Waals surface area (Å²) in [4.78, 5) is 72.3. The van der Waals surface area contributed by atoms with Crippen molar-refractivity contribution in [3.05, 3.63) is 105 Å². The number of halogens is 2. The van der Waals surface area contributed by atoms with Gasteiger partial charge in [0, 0.05) is 69.3 Å². The number of rotatable bonds is 20. The van der Waals surface area contributed by atoms with Crippen LogP contribution in [-0.2, 0) is 39.6 Å². The summed E-state index contributed by atoms with van der Waals surface area (Å²) in [5, 5.41) is 41.2. The van der Waals surface area contributed by atoms with E-state index < -0.39 is 60.6 Å². The van der Waals surface area contributed by atoms with E-state index in [1.807, 2.05) is 66.8 Å². The molecule has 0 fully saturated rings. The Morgan fingerprint density at radius 3 is 1.81 bits per heavy atom. The van der Waals surface area contributed by atoms with Crippen molar-refractivity contribution < 1.29 is 53.8 Å². The lowest BCUT2D eigenvalue weighted by atomic mass is 9.81. The number of nitrogens with zero attached hydrogens (tertiary/aromatic N) is 2. The Labute approximate surface area is 359 Å². The summed E-state index contributed by atoms with van der Waals surface area (Å²) in [6.45, 7) is 9.39. The third kappa shape index (κ3) is 11.9. The number of fused-ring (bicyclic) bond motifs is 2. The minimum Gasteiger partial charge on any atom is -0.481 e. The first-order valence-corrected chi connectivity index (χ1v) is 20.5. The maximum absolute atomic E-state index is 12.6. The van der Waals surface area contributed by atoms with Gasteiger partial charge in [-0.1, -0.05) is 88.2 Å². The van der Waals surface area contributed by atoms with Crippen LogP contribution >= 0.6 is 31.9 Å². The van der Waals surface area contributed by atoms with Crippen molar-refractivity contribution in [3.8, 4) is 0 Å². The molecule has 2 atom stereocenters. The van der Waals surface area contributed by atoms with Gasteiger partial charge in [0.2, 0.25) is 17.5 Å². The van der Waals surface area contributed by atoms with Crippen molar-refractivity contribution >= 4 is 84.6 Å². The van der Waals surface area contributed by atoms with Crippen molar-refractivity contribution in [1.82, 2.24) is 10.6 Å². The number of carbonyl (C=O) groups is 6. The topological polar surface area (TPSA) is 214 Å². The van der Waals surface area contributed by atoms with Crippen LogP contribution in [0.2, 0.25) is 0 Å². The molecule has 2 amide bonds. The number of hydrogen-bond acceptors (Lipinski definition) is 7. The first-order chi connectivity index (χ1) is 27.7. The zero-order chi connectivity index (χ0) is 43.7. The number of benzene rings is 2. The van der Waals surface area contributed by atoms with Crippen LogP contribution in [0.15, 0.2) is 93.6 Å². The van der Waals surface area contributed by atoms with Gasteiger partial charge in [-0.15, -0.1) is 0 Å². The Kier molecular flexibility index (Phi) is 15.8. The summed E-state index contributed by atoms with van der Waals surface area (Å²) in [5.41, 5.74) is 5.41.